The minimum absolute atomic E-state index is 0.0956. The number of nitrogens with zero attached hydrogens (tertiary/aromatic N) is 4. The van der Waals surface area contributed by atoms with E-state index in [9.17, 15) is 9.59 Å². The third-order valence-electron chi connectivity index (χ3n) is 5.03. The molecule has 3 heterocycles. The van der Waals surface area contributed by atoms with E-state index < -0.39 is 12.0 Å². The fourth-order valence-electron chi connectivity index (χ4n) is 3.61. The van der Waals surface area contributed by atoms with E-state index in [4.69, 9.17) is 9.47 Å². The SMILES string of the molecule is CCOC(=O)C1=C(CSc2nnnn2C[C@H]2CCCO2)NC(=O)N[C@@H]1c1ccccc1. The minimum atomic E-state index is -0.604. The molecule has 0 spiro atoms. The van der Waals surface area contributed by atoms with Crippen LogP contribution in [0.15, 0.2) is 46.8 Å². The summed E-state index contributed by atoms with van der Waals surface area (Å²) in [5.74, 6) is -0.171. The summed E-state index contributed by atoms with van der Waals surface area (Å²) in [5.41, 5.74) is 1.65. The molecule has 2 aromatic rings. The molecule has 1 aromatic heterocycles. The highest BCUT2D eigenvalue weighted by atomic mass is 32.2. The molecule has 1 saturated heterocycles. The standard InChI is InChI=1S/C20H24N6O4S/c1-2-29-18(27)16-15(21-19(28)22-17(16)13-7-4-3-5-8-13)12-31-20-23-24-25-26(20)11-14-9-6-10-30-14/h3-5,7-8,14,17H,2,6,9-12H2,1H3,(H2,21,22,28)/t14-,17-/m1/s1. The molecular weight excluding hydrogens is 420 g/mol. The Hall–Kier alpha value is -2.92. The number of benzene rings is 1. The highest BCUT2D eigenvalue weighted by Crippen LogP contribution is 2.30. The van der Waals surface area contributed by atoms with Crippen LogP contribution in [0.4, 0.5) is 4.79 Å². The summed E-state index contributed by atoms with van der Waals surface area (Å²) in [6.45, 7) is 3.31. The van der Waals surface area contributed by atoms with Gasteiger partial charge in [-0.25, -0.2) is 14.3 Å². The zero-order chi connectivity index (χ0) is 21.6. The molecule has 0 aliphatic carbocycles. The molecule has 0 unspecified atom stereocenters. The van der Waals surface area contributed by atoms with Crippen LogP contribution in [0.3, 0.4) is 0 Å². The second-order valence-corrected chi connectivity index (χ2v) is 8.06. The third kappa shape index (κ3) is 5.05. The van der Waals surface area contributed by atoms with Gasteiger partial charge in [-0.3, -0.25) is 0 Å². The Labute approximate surface area is 183 Å². The molecule has 4 rings (SSSR count). The molecule has 1 fully saturated rings. The molecule has 0 bridgehead atoms. The number of rotatable bonds is 8. The molecule has 0 radical (unpaired) electrons. The van der Waals surface area contributed by atoms with Crippen molar-refractivity contribution in [3.63, 3.8) is 0 Å². The van der Waals surface area contributed by atoms with Gasteiger partial charge in [-0.15, -0.1) is 5.10 Å². The van der Waals surface area contributed by atoms with Gasteiger partial charge in [-0.05, 0) is 35.8 Å². The summed E-state index contributed by atoms with van der Waals surface area (Å²) in [6, 6.07) is 8.35. The lowest BCUT2D eigenvalue weighted by Gasteiger charge is -2.29. The Morgan fingerprint density at radius 2 is 2.19 bits per heavy atom. The highest BCUT2D eigenvalue weighted by Gasteiger charge is 2.34. The van der Waals surface area contributed by atoms with E-state index in [1.54, 1.807) is 11.6 Å². The lowest BCUT2D eigenvalue weighted by atomic mass is 9.95. The van der Waals surface area contributed by atoms with Gasteiger partial charge in [0.05, 0.1) is 30.9 Å². The average molecular weight is 445 g/mol. The first-order chi connectivity index (χ1) is 15.2. The van der Waals surface area contributed by atoms with Crippen molar-refractivity contribution in [2.24, 2.45) is 0 Å². The van der Waals surface area contributed by atoms with Crippen molar-refractivity contribution in [1.29, 1.82) is 0 Å². The molecular formula is C20H24N6O4S. The minimum Gasteiger partial charge on any atom is -0.463 e. The summed E-state index contributed by atoms with van der Waals surface area (Å²) >= 11 is 1.35. The number of thioether (sulfide) groups is 1. The van der Waals surface area contributed by atoms with Gasteiger partial charge >= 0.3 is 12.0 Å². The number of carbonyl (C=O) groups is 2. The van der Waals surface area contributed by atoms with E-state index in [1.165, 1.54) is 11.8 Å². The van der Waals surface area contributed by atoms with Crippen LogP contribution < -0.4 is 10.6 Å². The number of amides is 2. The van der Waals surface area contributed by atoms with Crippen molar-refractivity contribution >= 4 is 23.8 Å². The molecule has 164 valence electrons. The topological polar surface area (TPSA) is 120 Å². The Bertz CT molecular complexity index is 958. The maximum Gasteiger partial charge on any atom is 0.338 e. The molecule has 10 nitrogen and oxygen atoms in total. The van der Waals surface area contributed by atoms with Crippen molar-refractivity contribution in [3.8, 4) is 0 Å². The number of tetrazole rings is 1. The number of carbonyl (C=O) groups excluding carboxylic acids is 2. The predicted octanol–water partition coefficient (Wildman–Crippen LogP) is 1.82. The maximum absolute atomic E-state index is 12.8. The van der Waals surface area contributed by atoms with Crippen LogP contribution in [0.1, 0.15) is 31.4 Å². The van der Waals surface area contributed by atoms with E-state index in [1.807, 2.05) is 30.3 Å². The second-order valence-electron chi connectivity index (χ2n) is 7.12. The van der Waals surface area contributed by atoms with E-state index in [2.05, 4.69) is 26.2 Å². The van der Waals surface area contributed by atoms with Gasteiger partial charge in [-0.2, -0.15) is 0 Å². The van der Waals surface area contributed by atoms with Crippen LogP contribution >= 0.6 is 11.8 Å². The molecule has 2 aliphatic rings. The van der Waals surface area contributed by atoms with Crippen LogP contribution in [0, 0.1) is 0 Å². The quantitative estimate of drug-likeness (QED) is 0.467. The fraction of sp³-hybridized carbons (Fsp3) is 0.450. The fourth-order valence-corrected chi connectivity index (χ4v) is 4.46. The summed E-state index contributed by atoms with van der Waals surface area (Å²) in [5, 5.41) is 18.1. The van der Waals surface area contributed by atoms with Gasteiger partial charge < -0.3 is 20.1 Å². The Morgan fingerprint density at radius 3 is 2.94 bits per heavy atom. The number of aromatic nitrogens is 4. The number of nitrogens with one attached hydrogen (secondary N) is 2. The Balaban J connectivity index is 1.58. The van der Waals surface area contributed by atoms with Crippen LogP contribution in [-0.2, 0) is 20.8 Å². The van der Waals surface area contributed by atoms with Gasteiger partial charge in [0.25, 0.3) is 0 Å². The Kier molecular flexibility index (Phi) is 6.82. The van der Waals surface area contributed by atoms with Gasteiger partial charge in [0.15, 0.2) is 0 Å². The smallest absolute Gasteiger partial charge is 0.338 e. The van der Waals surface area contributed by atoms with Crippen molar-refractivity contribution in [2.75, 3.05) is 19.0 Å². The summed E-state index contributed by atoms with van der Waals surface area (Å²) < 4.78 is 12.7. The van der Waals surface area contributed by atoms with E-state index in [-0.39, 0.29) is 18.7 Å². The first-order valence-corrected chi connectivity index (χ1v) is 11.2. The molecule has 2 amide bonds. The zero-order valence-electron chi connectivity index (χ0n) is 17.1. The predicted molar refractivity (Wildman–Crippen MR) is 112 cm³/mol. The van der Waals surface area contributed by atoms with Crippen molar-refractivity contribution in [1.82, 2.24) is 30.8 Å². The number of ether oxygens (including phenoxy) is 2. The normalized spacial score (nSPS) is 21.0. The van der Waals surface area contributed by atoms with Crippen LogP contribution in [0.2, 0.25) is 0 Å². The summed E-state index contributed by atoms with van der Waals surface area (Å²) in [6.07, 6.45) is 2.10. The number of urea groups is 1. The summed E-state index contributed by atoms with van der Waals surface area (Å²) in [7, 11) is 0. The second kappa shape index (κ2) is 9.92. The molecule has 2 aliphatic heterocycles. The first-order valence-electron chi connectivity index (χ1n) is 10.2. The molecule has 0 saturated carbocycles. The zero-order valence-corrected chi connectivity index (χ0v) is 17.9. The van der Waals surface area contributed by atoms with E-state index in [0.29, 0.717) is 28.7 Å². The van der Waals surface area contributed by atoms with E-state index >= 15 is 0 Å². The molecule has 1 aromatic carbocycles. The molecule has 31 heavy (non-hydrogen) atoms. The molecule has 2 N–H and O–H groups in total. The highest BCUT2D eigenvalue weighted by molar-refractivity contribution is 7.99. The van der Waals surface area contributed by atoms with E-state index in [0.717, 1.165) is 25.0 Å². The average Bonchev–Trinajstić information content (AvgIpc) is 3.45. The monoisotopic (exact) mass is 444 g/mol. The van der Waals surface area contributed by atoms with Crippen molar-refractivity contribution in [2.45, 2.75) is 43.6 Å². The summed E-state index contributed by atoms with van der Waals surface area (Å²) in [4.78, 5) is 25.2. The first kappa shape index (κ1) is 21.3. The van der Waals surface area contributed by atoms with Crippen LogP contribution in [0.25, 0.3) is 0 Å². The van der Waals surface area contributed by atoms with Gasteiger partial charge in [0.2, 0.25) is 5.16 Å². The van der Waals surface area contributed by atoms with Crippen molar-refractivity contribution < 1.29 is 19.1 Å². The molecule has 2 atom stereocenters. The van der Waals surface area contributed by atoms with Crippen LogP contribution in [0.5, 0.6) is 0 Å². The molecule has 11 heteroatoms. The number of hydrogen-bond donors (Lipinski definition) is 2. The van der Waals surface area contributed by atoms with Gasteiger partial charge in [-0.1, -0.05) is 42.1 Å². The Morgan fingerprint density at radius 1 is 1.35 bits per heavy atom. The largest absolute Gasteiger partial charge is 0.463 e. The van der Waals surface area contributed by atoms with Gasteiger partial charge in [0.1, 0.15) is 0 Å². The number of hydrogen-bond acceptors (Lipinski definition) is 8. The third-order valence-corrected chi connectivity index (χ3v) is 6.01. The van der Waals surface area contributed by atoms with Gasteiger partial charge in [0, 0.05) is 18.1 Å². The van der Waals surface area contributed by atoms with Crippen LogP contribution in [-0.4, -0.2) is 57.3 Å². The number of esters is 1. The lowest BCUT2D eigenvalue weighted by Crippen LogP contribution is -2.46. The lowest BCUT2D eigenvalue weighted by molar-refractivity contribution is -0.139. The van der Waals surface area contributed by atoms with Crippen molar-refractivity contribution in [3.05, 3.63) is 47.2 Å². The maximum atomic E-state index is 12.8.